The van der Waals surface area contributed by atoms with Gasteiger partial charge in [-0.1, -0.05) is 0 Å². The van der Waals surface area contributed by atoms with Crippen molar-refractivity contribution in [1.29, 1.82) is 0 Å². The minimum absolute atomic E-state index is 0.213. The second kappa shape index (κ2) is 5.24. The van der Waals surface area contributed by atoms with E-state index < -0.39 is 5.82 Å². The maximum atomic E-state index is 12.5. The van der Waals surface area contributed by atoms with Crippen molar-refractivity contribution in [2.24, 2.45) is 0 Å². The van der Waals surface area contributed by atoms with Crippen LogP contribution >= 0.6 is 0 Å². The van der Waals surface area contributed by atoms with E-state index in [0.717, 1.165) is 6.20 Å². The fourth-order valence-corrected chi connectivity index (χ4v) is 0.974. The number of pyridine rings is 1. The zero-order valence-electron chi connectivity index (χ0n) is 8.66. The van der Waals surface area contributed by atoms with Crippen LogP contribution in [0.4, 0.5) is 4.39 Å². The van der Waals surface area contributed by atoms with Crippen LogP contribution in [-0.4, -0.2) is 17.4 Å². The zero-order valence-corrected chi connectivity index (χ0v) is 8.66. The van der Waals surface area contributed by atoms with E-state index in [4.69, 9.17) is 4.74 Å². The van der Waals surface area contributed by atoms with Crippen LogP contribution in [0, 0.1) is 5.82 Å². The first-order valence-electron chi connectivity index (χ1n) is 4.59. The second-order valence-corrected chi connectivity index (χ2v) is 2.95. The Kier molecular flexibility index (Phi) is 3.97. The lowest BCUT2D eigenvalue weighted by Gasteiger charge is -2.00. The van der Waals surface area contributed by atoms with Gasteiger partial charge in [-0.05, 0) is 26.0 Å². The molecule has 0 aliphatic heterocycles. The van der Waals surface area contributed by atoms with Gasteiger partial charge in [-0.25, -0.2) is 9.37 Å². The highest BCUT2D eigenvalue weighted by Gasteiger charge is 2.09. The molecule has 80 valence electrons. The van der Waals surface area contributed by atoms with E-state index in [1.54, 1.807) is 6.92 Å². The van der Waals surface area contributed by atoms with Crippen molar-refractivity contribution in [2.45, 2.75) is 13.8 Å². The topological polar surface area (TPSA) is 39.2 Å². The highest BCUT2D eigenvalue weighted by molar-refractivity contribution is 6.06. The highest BCUT2D eigenvalue weighted by Crippen LogP contribution is 2.06. The van der Waals surface area contributed by atoms with Crippen LogP contribution in [-0.2, 0) is 4.74 Å². The minimum Gasteiger partial charge on any atom is -0.501 e. The first kappa shape index (κ1) is 11.4. The molecule has 0 bridgehead atoms. The van der Waals surface area contributed by atoms with Gasteiger partial charge < -0.3 is 4.74 Å². The van der Waals surface area contributed by atoms with Gasteiger partial charge in [-0.3, -0.25) is 4.79 Å². The van der Waals surface area contributed by atoms with E-state index in [1.807, 2.05) is 6.92 Å². The molecule has 0 aromatic carbocycles. The number of carbonyl (C=O) groups is 1. The van der Waals surface area contributed by atoms with Gasteiger partial charge in [-0.2, -0.15) is 0 Å². The first-order valence-corrected chi connectivity index (χ1v) is 4.59. The maximum absolute atomic E-state index is 12.5. The predicted molar refractivity (Wildman–Crippen MR) is 53.9 cm³/mol. The standard InChI is InChI=1S/C11H12FNO2/c1-3-15-7-8(2)11(14)10-5-4-9(12)6-13-10/h4-7H,3H2,1-2H3/b8-7+. The third kappa shape index (κ3) is 3.16. The molecule has 0 unspecified atom stereocenters. The largest absolute Gasteiger partial charge is 0.501 e. The van der Waals surface area contributed by atoms with E-state index in [0.29, 0.717) is 12.2 Å². The number of halogens is 1. The van der Waals surface area contributed by atoms with E-state index in [1.165, 1.54) is 18.4 Å². The van der Waals surface area contributed by atoms with Crippen molar-refractivity contribution in [1.82, 2.24) is 4.98 Å². The van der Waals surface area contributed by atoms with Gasteiger partial charge in [0.1, 0.15) is 11.5 Å². The van der Waals surface area contributed by atoms with Gasteiger partial charge in [0.05, 0.1) is 19.1 Å². The van der Waals surface area contributed by atoms with Crippen LogP contribution in [0.2, 0.25) is 0 Å². The van der Waals surface area contributed by atoms with Crippen molar-refractivity contribution in [2.75, 3.05) is 6.61 Å². The van der Waals surface area contributed by atoms with Crippen LogP contribution in [0.25, 0.3) is 0 Å². The number of ether oxygens (including phenoxy) is 1. The Morgan fingerprint density at radius 2 is 2.33 bits per heavy atom. The molecular formula is C11H12FNO2. The molecule has 0 radical (unpaired) electrons. The van der Waals surface area contributed by atoms with E-state index >= 15 is 0 Å². The number of hydrogen-bond donors (Lipinski definition) is 0. The van der Waals surface area contributed by atoms with Gasteiger partial charge >= 0.3 is 0 Å². The molecule has 0 saturated carbocycles. The summed E-state index contributed by atoms with van der Waals surface area (Å²) in [5.74, 6) is -0.721. The van der Waals surface area contributed by atoms with Crippen molar-refractivity contribution in [3.05, 3.63) is 41.7 Å². The lowest BCUT2D eigenvalue weighted by Crippen LogP contribution is -2.04. The number of aromatic nitrogens is 1. The summed E-state index contributed by atoms with van der Waals surface area (Å²) in [7, 11) is 0. The second-order valence-electron chi connectivity index (χ2n) is 2.95. The molecule has 15 heavy (non-hydrogen) atoms. The summed E-state index contributed by atoms with van der Waals surface area (Å²) in [4.78, 5) is 15.3. The third-order valence-corrected chi connectivity index (χ3v) is 1.74. The number of allylic oxidation sites excluding steroid dienone is 1. The average Bonchev–Trinajstić information content (AvgIpc) is 2.26. The predicted octanol–water partition coefficient (Wildman–Crippen LogP) is 2.34. The number of rotatable bonds is 4. The molecule has 0 aliphatic carbocycles. The number of ketones is 1. The number of carbonyl (C=O) groups excluding carboxylic acids is 1. The Labute approximate surface area is 87.6 Å². The summed E-state index contributed by atoms with van der Waals surface area (Å²) < 4.78 is 17.5. The fourth-order valence-electron chi connectivity index (χ4n) is 0.974. The first-order chi connectivity index (χ1) is 7.15. The van der Waals surface area contributed by atoms with Crippen LogP contribution in [0.15, 0.2) is 30.2 Å². The normalized spacial score (nSPS) is 11.3. The molecule has 1 aromatic heterocycles. The SMILES string of the molecule is CCO/C=C(\C)C(=O)c1ccc(F)cn1. The molecule has 0 N–H and O–H groups in total. The van der Waals surface area contributed by atoms with E-state index in [9.17, 15) is 9.18 Å². The lowest BCUT2D eigenvalue weighted by molar-refractivity contribution is 0.102. The van der Waals surface area contributed by atoms with E-state index in [2.05, 4.69) is 4.98 Å². The summed E-state index contributed by atoms with van der Waals surface area (Å²) in [6.07, 6.45) is 2.40. The molecule has 0 spiro atoms. The lowest BCUT2D eigenvalue weighted by atomic mass is 10.1. The van der Waals surface area contributed by atoms with Crippen LogP contribution in [0.1, 0.15) is 24.3 Å². The quantitative estimate of drug-likeness (QED) is 0.434. The minimum atomic E-state index is -0.460. The van der Waals surface area contributed by atoms with Crippen molar-refractivity contribution in [3.8, 4) is 0 Å². The Morgan fingerprint density at radius 1 is 1.60 bits per heavy atom. The van der Waals surface area contributed by atoms with E-state index in [-0.39, 0.29) is 11.5 Å². The summed E-state index contributed by atoms with van der Waals surface area (Å²) in [6.45, 7) is 3.95. The van der Waals surface area contributed by atoms with Gasteiger partial charge in [0, 0.05) is 5.57 Å². The molecule has 1 aromatic rings. The summed E-state index contributed by atoms with van der Waals surface area (Å²) in [5.41, 5.74) is 0.654. The Balaban J connectivity index is 2.80. The average molecular weight is 209 g/mol. The molecule has 0 atom stereocenters. The van der Waals surface area contributed by atoms with Crippen molar-refractivity contribution >= 4 is 5.78 Å². The molecule has 0 aliphatic rings. The van der Waals surface area contributed by atoms with Gasteiger partial charge in [0.2, 0.25) is 5.78 Å². The molecule has 0 fully saturated rings. The van der Waals surface area contributed by atoms with Gasteiger partial charge in [0.25, 0.3) is 0 Å². The molecule has 4 heteroatoms. The summed E-state index contributed by atoms with van der Waals surface area (Å²) >= 11 is 0. The molecule has 1 heterocycles. The monoisotopic (exact) mass is 209 g/mol. The van der Waals surface area contributed by atoms with Gasteiger partial charge in [0.15, 0.2) is 0 Å². The summed E-state index contributed by atoms with van der Waals surface area (Å²) in [5, 5.41) is 0. The van der Waals surface area contributed by atoms with Gasteiger partial charge in [-0.15, -0.1) is 0 Å². The number of hydrogen-bond acceptors (Lipinski definition) is 3. The van der Waals surface area contributed by atoms with Crippen molar-refractivity contribution < 1.29 is 13.9 Å². The summed E-state index contributed by atoms with van der Waals surface area (Å²) in [6, 6.07) is 2.55. The third-order valence-electron chi connectivity index (χ3n) is 1.74. The molecular weight excluding hydrogens is 197 g/mol. The highest BCUT2D eigenvalue weighted by atomic mass is 19.1. The van der Waals surface area contributed by atoms with Crippen molar-refractivity contribution in [3.63, 3.8) is 0 Å². The molecule has 1 rings (SSSR count). The van der Waals surface area contributed by atoms with Crippen LogP contribution < -0.4 is 0 Å². The fraction of sp³-hybridized carbons (Fsp3) is 0.273. The molecule has 3 nitrogen and oxygen atoms in total. The Hall–Kier alpha value is -1.71. The zero-order chi connectivity index (χ0) is 11.3. The molecule has 0 amide bonds. The Bertz CT molecular complexity index is 371. The number of nitrogens with zero attached hydrogens (tertiary/aromatic N) is 1. The maximum Gasteiger partial charge on any atom is 0.210 e. The number of Topliss-reactive ketones (excluding diaryl/α,β-unsaturated/α-hetero) is 1. The Morgan fingerprint density at radius 3 is 2.87 bits per heavy atom. The molecule has 0 saturated heterocycles. The van der Waals surface area contributed by atoms with Crippen LogP contribution in [0.5, 0.6) is 0 Å². The van der Waals surface area contributed by atoms with Crippen LogP contribution in [0.3, 0.4) is 0 Å². The smallest absolute Gasteiger partial charge is 0.210 e.